The maximum atomic E-state index is 12.4. The van der Waals surface area contributed by atoms with Gasteiger partial charge in [0.15, 0.2) is 0 Å². The van der Waals surface area contributed by atoms with Crippen LogP contribution in [-0.2, 0) is 4.79 Å². The fourth-order valence-electron chi connectivity index (χ4n) is 3.56. The van der Waals surface area contributed by atoms with E-state index >= 15 is 0 Å². The second kappa shape index (κ2) is 6.55. The molecule has 0 aromatic rings. The van der Waals surface area contributed by atoms with Gasteiger partial charge in [0.25, 0.3) is 0 Å². The van der Waals surface area contributed by atoms with Crippen LogP contribution in [0.5, 0.6) is 0 Å². The molecule has 3 heteroatoms. The Kier molecular flexibility index (Phi) is 5.04. The monoisotopic (exact) mass is 252 g/mol. The van der Waals surface area contributed by atoms with Crippen LogP contribution in [0.1, 0.15) is 58.3 Å². The molecule has 2 aliphatic rings. The third-order valence-corrected chi connectivity index (χ3v) is 4.73. The van der Waals surface area contributed by atoms with E-state index in [9.17, 15) is 4.79 Å². The average molecular weight is 252 g/mol. The maximum Gasteiger partial charge on any atom is 0.227 e. The van der Waals surface area contributed by atoms with Crippen LogP contribution < -0.4 is 10.6 Å². The predicted octanol–water partition coefficient (Wildman–Crippen LogP) is 2.46. The highest BCUT2D eigenvalue weighted by atomic mass is 16.2. The lowest BCUT2D eigenvalue weighted by Gasteiger charge is -2.28. The molecule has 0 spiro atoms. The summed E-state index contributed by atoms with van der Waals surface area (Å²) < 4.78 is 0. The highest BCUT2D eigenvalue weighted by Crippen LogP contribution is 2.31. The number of hydrogen-bond donors (Lipinski definition) is 2. The smallest absolute Gasteiger partial charge is 0.227 e. The third-order valence-electron chi connectivity index (χ3n) is 4.73. The summed E-state index contributed by atoms with van der Waals surface area (Å²) in [7, 11) is 0. The average Bonchev–Trinajstić information content (AvgIpc) is 2.87. The van der Waals surface area contributed by atoms with Gasteiger partial charge in [0.1, 0.15) is 0 Å². The number of rotatable bonds is 5. The Balaban J connectivity index is 1.81. The molecule has 1 amide bonds. The Morgan fingerprint density at radius 3 is 2.72 bits per heavy atom. The quantitative estimate of drug-likeness (QED) is 0.789. The van der Waals surface area contributed by atoms with E-state index in [2.05, 4.69) is 17.6 Å². The van der Waals surface area contributed by atoms with Crippen LogP contribution in [-0.4, -0.2) is 25.5 Å². The van der Waals surface area contributed by atoms with Crippen LogP contribution in [0.15, 0.2) is 0 Å². The fourth-order valence-corrected chi connectivity index (χ4v) is 3.56. The maximum absolute atomic E-state index is 12.4. The zero-order valence-corrected chi connectivity index (χ0v) is 11.8. The topological polar surface area (TPSA) is 41.1 Å². The highest BCUT2D eigenvalue weighted by molar-refractivity contribution is 5.83. The van der Waals surface area contributed by atoms with Gasteiger partial charge >= 0.3 is 0 Å². The molecule has 1 unspecified atom stereocenters. The van der Waals surface area contributed by atoms with Crippen molar-refractivity contribution < 1.29 is 4.79 Å². The first-order valence-electron chi connectivity index (χ1n) is 7.76. The summed E-state index contributed by atoms with van der Waals surface area (Å²) >= 11 is 0. The molecule has 1 saturated carbocycles. The molecule has 1 aliphatic carbocycles. The fraction of sp³-hybridized carbons (Fsp3) is 0.933. The number of nitrogens with one attached hydrogen (secondary N) is 2. The van der Waals surface area contributed by atoms with E-state index in [4.69, 9.17) is 0 Å². The first kappa shape index (κ1) is 13.9. The molecule has 0 aromatic heterocycles. The molecule has 0 radical (unpaired) electrons. The van der Waals surface area contributed by atoms with Crippen molar-refractivity contribution in [3.63, 3.8) is 0 Å². The van der Waals surface area contributed by atoms with Gasteiger partial charge in [0.05, 0.1) is 5.41 Å². The van der Waals surface area contributed by atoms with Gasteiger partial charge in [0.2, 0.25) is 5.91 Å². The van der Waals surface area contributed by atoms with Crippen molar-refractivity contribution in [2.75, 3.05) is 19.6 Å². The van der Waals surface area contributed by atoms with Crippen LogP contribution in [0.25, 0.3) is 0 Å². The van der Waals surface area contributed by atoms with E-state index in [1.165, 1.54) is 32.1 Å². The normalized spacial score (nSPS) is 29.4. The van der Waals surface area contributed by atoms with E-state index in [1.54, 1.807) is 0 Å². The van der Waals surface area contributed by atoms with Gasteiger partial charge in [-0.1, -0.05) is 32.6 Å². The molecule has 1 saturated heterocycles. The van der Waals surface area contributed by atoms with Gasteiger partial charge in [-0.05, 0) is 38.1 Å². The van der Waals surface area contributed by atoms with Gasteiger partial charge in [-0.25, -0.2) is 0 Å². The van der Waals surface area contributed by atoms with Gasteiger partial charge in [-0.15, -0.1) is 0 Å². The molecule has 2 rings (SSSR count). The van der Waals surface area contributed by atoms with E-state index in [0.29, 0.717) is 5.91 Å². The number of hydrogen-bond acceptors (Lipinski definition) is 2. The van der Waals surface area contributed by atoms with Gasteiger partial charge in [-0.2, -0.15) is 0 Å². The Morgan fingerprint density at radius 2 is 2.11 bits per heavy atom. The van der Waals surface area contributed by atoms with Crippen molar-refractivity contribution >= 4 is 5.91 Å². The summed E-state index contributed by atoms with van der Waals surface area (Å²) in [6.07, 6.45) is 9.82. The molecule has 0 aromatic carbocycles. The van der Waals surface area contributed by atoms with Crippen molar-refractivity contribution in [1.82, 2.24) is 10.6 Å². The first-order valence-corrected chi connectivity index (χ1v) is 7.76. The van der Waals surface area contributed by atoms with Crippen LogP contribution in [0, 0.1) is 11.3 Å². The van der Waals surface area contributed by atoms with E-state index in [-0.39, 0.29) is 5.41 Å². The van der Waals surface area contributed by atoms with Gasteiger partial charge in [0, 0.05) is 13.1 Å². The van der Waals surface area contributed by atoms with Crippen molar-refractivity contribution in [2.45, 2.75) is 58.3 Å². The summed E-state index contributed by atoms with van der Waals surface area (Å²) in [5, 5.41) is 6.60. The van der Waals surface area contributed by atoms with Crippen LogP contribution in [0.2, 0.25) is 0 Å². The molecule has 1 heterocycles. The van der Waals surface area contributed by atoms with E-state index < -0.39 is 0 Å². The second-order valence-corrected chi connectivity index (χ2v) is 6.17. The summed E-state index contributed by atoms with van der Waals surface area (Å²) in [4.78, 5) is 12.4. The third kappa shape index (κ3) is 3.25. The predicted molar refractivity (Wildman–Crippen MR) is 74.4 cm³/mol. The second-order valence-electron chi connectivity index (χ2n) is 6.17. The lowest BCUT2D eigenvalue weighted by molar-refractivity contribution is -0.130. The minimum absolute atomic E-state index is 0.108. The zero-order valence-electron chi connectivity index (χ0n) is 11.8. The Hall–Kier alpha value is -0.570. The summed E-state index contributed by atoms with van der Waals surface area (Å²) in [5.41, 5.74) is -0.108. The molecule has 104 valence electrons. The number of carbonyl (C=O) groups excluding carboxylic acids is 1. The molecule has 2 N–H and O–H groups in total. The molecule has 1 aliphatic heterocycles. The van der Waals surface area contributed by atoms with Crippen LogP contribution in [0.4, 0.5) is 0 Å². The van der Waals surface area contributed by atoms with Crippen molar-refractivity contribution in [3.05, 3.63) is 0 Å². The van der Waals surface area contributed by atoms with Crippen molar-refractivity contribution in [2.24, 2.45) is 11.3 Å². The summed E-state index contributed by atoms with van der Waals surface area (Å²) in [5.74, 6) is 1.04. The van der Waals surface area contributed by atoms with Gasteiger partial charge < -0.3 is 10.6 Å². The van der Waals surface area contributed by atoms with E-state index in [0.717, 1.165) is 44.8 Å². The molecule has 18 heavy (non-hydrogen) atoms. The summed E-state index contributed by atoms with van der Waals surface area (Å²) in [6, 6.07) is 0. The number of carbonyl (C=O) groups is 1. The largest absolute Gasteiger partial charge is 0.355 e. The molecule has 0 bridgehead atoms. The Bertz CT molecular complexity index is 266. The highest BCUT2D eigenvalue weighted by Gasteiger charge is 2.40. The minimum Gasteiger partial charge on any atom is -0.355 e. The molecular formula is C15H28N2O. The zero-order chi connectivity index (χ0) is 12.8. The molecule has 2 fully saturated rings. The molecule has 3 nitrogen and oxygen atoms in total. The molecule has 1 atom stereocenters. The standard InChI is InChI=1S/C15H28N2O/c1-2-8-15(9-10-16-12-15)14(18)17-11-13-6-4-3-5-7-13/h13,16H,2-12H2,1H3,(H,17,18). The van der Waals surface area contributed by atoms with Crippen molar-refractivity contribution in [1.29, 1.82) is 0 Å². The first-order chi connectivity index (χ1) is 8.77. The Labute approximate surface area is 111 Å². The number of amides is 1. The van der Waals surface area contributed by atoms with E-state index in [1.807, 2.05) is 0 Å². The Morgan fingerprint density at radius 1 is 1.33 bits per heavy atom. The van der Waals surface area contributed by atoms with Gasteiger partial charge in [-0.3, -0.25) is 4.79 Å². The van der Waals surface area contributed by atoms with Crippen LogP contribution in [0.3, 0.4) is 0 Å². The summed E-state index contributed by atoms with van der Waals surface area (Å²) in [6.45, 7) is 4.95. The molecular weight excluding hydrogens is 224 g/mol. The lowest BCUT2D eigenvalue weighted by atomic mass is 9.81. The minimum atomic E-state index is -0.108. The SMILES string of the molecule is CCCC1(C(=O)NCC2CCCCC2)CCNC1. The van der Waals surface area contributed by atoms with Crippen molar-refractivity contribution in [3.8, 4) is 0 Å². The van der Waals surface area contributed by atoms with Crippen LogP contribution >= 0.6 is 0 Å². The lowest BCUT2D eigenvalue weighted by Crippen LogP contribution is -2.44.